The van der Waals surface area contributed by atoms with Crippen molar-refractivity contribution in [2.24, 2.45) is 4.99 Å². The second-order valence-electron chi connectivity index (χ2n) is 3.65. The van der Waals surface area contributed by atoms with Gasteiger partial charge in [-0.2, -0.15) is 0 Å². The van der Waals surface area contributed by atoms with E-state index in [1.165, 1.54) is 0 Å². The highest BCUT2D eigenvalue weighted by molar-refractivity contribution is 5.84. The first-order valence-corrected chi connectivity index (χ1v) is 5.29. The second-order valence-corrected chi connectivity index (χ2v) is 3.65. The summed E-state index contributed by atoms with van der Waals surface area (Å²) in [6, 6.07) is 9.71. The summed E-state index contributed by atoms with van der Waals surface area (Å²) in [6.45, 7) is 0. The fourth-order valence-electron chi connectivity index (χ4n) is 1.61. The van der Waals surface area contributed by atoms with Gasteiger partial charge in [0.25, 0.3) is 0 Å². The molecule has 1 aromatic carbocycles. The van der Waals surface area contributed by atoms with E-state index in [0.29, 0.717) is 0 Å². The van der Waals surface area contributed by atoms with Gasteiger partial charge in [-0.3, -0.25) is 9.98 Å². The summed E-state index contributed by atoms with van der Waals surface area (Å²) < 4.78 is 0. The van der Waals surface area contributed by atoms with E-state index >= 15 is 0 Å². The van der Waals surface area contributed by atoms with Crippen LogP contribution in [0.4, 0.5) is 5.69 Å². The van der Waals surface area contributed by atoms with E-state index in [-0.39, 0.29) is 0 Å². The number of aromatic amines is 1. The van der Waals surface area contributed by atoms with Gasteiger partial charge in [0.05, 0.1) is 23.0 Å². The molecule has 3 rings (SSSR count). The summed E-state index contributed by atoms with van der Waals surface area (Å²) in [5.41, 5.74) is 3.82. The predicted octanol–water partition coefficient (Wildman–Crippen LogP) is 2.71. The van der Waals surface area contributed by atoms with Crippen molar-refractivity contribution in [2.45, 2.75) is 0 Å². The van der Waals surface area contributed by atoms with Crippen molar-refractivity contribution < 1.29 is 0 Å². The zero-order valence-corrected chi connectivity index (χ0v) is 9.04. The van der Waals surface area contributed by atoms with Gasteiger partial charge in [0.1, 0.15) is 0 Å². The zero-order chi connectivity index (χ0) is 11.5. The highest BCUT2D eigenvalue weighted by Crippen LogP contribution is 2.18. The van der Waals surface area contributed by atoms with Crippen LogP contribution in [0.25, 0.3) is 11.0 Å². The van der Waals surface area contributed by atoms with Crippen LogP contribution in [-0.2, 0) is 0 Å². The predicted molar refractivity (Wildman–Crippen MR) is 67.6 cm³/mol. The molecule has 17 heavy (non-hydrogen) atoms. The van der Waals surface area contributed by atoms with Crippen LogP contribution in [0.1, 0.15) is 5.56 Å². The molecule has 2 aromatic heterocycles. The molecule has 0 saturated heterocycles. The van der Waals surface area contributed by atoms with E-state index in [1.807, 2.05) is 30.3 Å². The van der Waals surface area contributed by atoms with Gasteiger partial charge in [0.2, 0.25) is 0 Å². The van der Waals surface area contributed by atoms with Crippen LogP contribution in [-0.4, -0.2) is 21.2 Å². The van der Waals surface area contributed by atoms with E-state index < -0.39 is 0 Å². The molecule has 0 radical (unpaired) electrons. The smallest absolute Gasteiger partial charge is 0.0931 e. The molecule has 82 valence electrons. The number of nitrogens with one attached hydrogen (secondary N) is 1. The third-order valence-corrected chi connectivity index (χ3v) is 2.45. The van der Waals surface area contributed by atoms with Gasteiger partial charge in [-0.05, 0) is 24.3 Å². The molecule has 4 nitrogen and oxygen atoms in total. The normalized spacial score (nSPS) is 11.3. The molecular formula is C13H10N4. The number of aromatic nitrogens is 3. The van der Waals surface area contributed by atoms with Crippen LogP contribution in [0.5, 0.6) is 0 Å². The summed E-state index contributed by atoms with van der Waals surface area (Å²) >= 11 is 0. The number of nitrogens with zero attached hydrogens (tertiary/aromatic N) is 3. The molecule has 0 unspecified atom stereocenters. The van der Waals surface area contributed by atoms with Crippen LogP contribution in [0.15, 0.2) is 54.0 Å². The number of benzene rings is 1. The largest absolute Gasteiger partial charge is 0.345 e. The molecule has 4 heteroatoms. The van der Waals surface area contributed by atoms with Gasteiger partial charge in [-0.15, -0.1) is 0 Å². The molecular weight excluding hydrogens is 212 g/mol. The Morgan fingerprint density at radius 2 is 2.24 bits per heavy atom. The van der Waals surface area contributed by atoms with E-state index in [0.717, 1.165) is 22.3 Å². The minimum atomic E-state index is 0.894. The van der Waals surface area contributed by atoms with E-state index in [9.17, 15) is 0 Å². The third kappa shape index (κ3) is 2.06. The first-order chi connectivity index (χ1) is 8.42. The summed E-state index contributed by atoms with van der Waals surface area (Å²) in [7, 11) is 0. The number of hydrogen-bond donors (Lipinski definition) is 1. The minimum Gasteiger partial charge on any atom is -0.345 e. The maximum absolute atomic E-state index is 4.39. The number of imidazole rings is 1. The molecule has 2 heterocycles. The minimum absolute atomic E-state index is 0.894. The Hall–Kier alpha value is -2.49. The number of hydrogen-bond acceptors (Lipinski definition) is 3. The van der Waals surface area contributed by atoms with E-state index in [1.54, 1.807) is 24.9 Å². The molecule has 1 N–H and O–H groups in total. The Morgan fingerprint density at radius 1 is 1.24 bits per heavy atom. The van der Waals surface area contributed by atoms with Gasteiger partial charge in [0, 0.05) is 24.2 Å². The molecule has 0 atom stereocenters. The molecule has 0 aliphatic heterocycles. The van der Waals surface area contributed by atoms with Gasteiger partial charge < -0.3 is 4.98 Å². The molecule has 0 spiro atoms. The molecule has 0 amide bonds. The molecule has 0 aliphatic rings. The molecule has 0 saturated carbocycles. The van der Waals surface area contributed by atoms with Crippen molar-refractivity contribution >= 4 is 22.9 Å². The summed E-state index contributed by atoms with van der Waals surface area (Å²) in [5, 5.41) is 0. The van der Waals surface area contributed by atoms with Crippen LogP contribution < -0.4 is 0 Å². The third-order valence-electron chi connectivity index (χ3n) is 2.45. The molecule has 0 aliphatic carbocycles. The number of rotatable bonds is 2. The highest BCUT2D eigenvalue weighted by atomic mass is 14.9. The average molecular weight is 222 g/mol. The van der Waals surface area contributed by atoms with Crippen LogP contribution in [0.3, 0.4) is 0 Å². The summed E-state index contributed by atoms with van der Waals surface area (Å²) in [4.78, 5) is 15.6. The molecule has 0 bridgehead atoms. The second kappa shape index (κ2) is 4.17. The van der Waals surface area contributed by atoms with Crippen molar-refractivity contribution in [3.63, 3.8) is 0 Å². The summed E-state index contributed by atoms with van der Waals surface area (Å²) in [6.07, 6.45) is 7.00. The number of H-pyrrole nitrogens is 1. The standard InChI is InChI=1S/C13H10N4/c1-2-10(7-14-5-1)8-15-11-3-4-12-13(6-11)17-9-16-12/h1-9H,(H,16,17). The Labute approximate surface area is 98.1 Å². The van der Waals surface area contributed by atoms with Gasteiger partial charge in [0.15, 0.2) is 0 Å². The van der Waals surface area contributed by atoms with Crippen molar-refractivity contribution in [3.05, 3.63) is 54.6 Å². The van der Waals surface area contributed by atoms with Gasteiger partial charge in [-0.25, -0.2) is 4.98 Å². The average Bonchev–Trinajstić information content (AvgIpc) is 2.85. The van der Waals surface area contributed by atoms with Gasteiger partial charge in [-0.1, -0.05) is 6.07 Å². The van der Waals surface area contributed by atoms with Crippen LogP contribution in [0, 0.1) is 0 Å². The zero-order valence-electron chi connectivity index (χ0n) is 9.04. The number of fused-ring (bicyclic) bond motifs is 1. The molecule has 3 aromatic rings. The van der Waals surface area contributed by atoms with Crippen molar-refractivity contribution in [3.8, 4) is 0 Å². The lowest BCUT2D eigenvalue weighted by atomic mass is 10.2. The van der Waals surface area contributed by atoms with Crippen LogP contribution >= 0.6 is 0 Å². The molecule has 0 fully saturated rings. The van der Waals surface area contributed by atoms with E-state index in [2.05, 4.69) is 19.9 Å². The number of aliphatic imine (C=N–C) groups is 1. The van der Waals surface area contributed by atoms with E-state index in [4.69, 9.17) is 0 Å². The quantitative estimate of drug-likeness (QED) is 0.678. The SMILES string of the molecule is C(=Nc1ccc2nc[nH]c2c1)c1cccnc1. The first-order valence-electron chi connectivity index (χ1n) is 5.29. The van der Waals surface area contributed by atoms with Gasteiger partial charge >= 0.3 is 0 Å². The van der Waals surface area contributed by atoms with Crippen molar-refractivity contribution in [2.75, 3.05) is 0 Å². The lowest BCUT2D eigenvalue weighted by Gasteiger charge is -1.94. The van der Waals surface area contributed by atoms with Crippen LogP contribution in [0.2, 0.25) is 0 Å². The fourth-order valence-corrected chi connectivity index (χ4v) is 1.61. The monoisotopic (exact) mass is 222 g/mol. The number of pyridine rings is 1. The maximum atomic E-state index is 4.39. The Bertz CT molecular complexity index is 655. The van der Waals surface area contributed by atoms with Crippen molar-refractivity contribution in [1.29, 1.82) is 0 Å². The lowest BCUT2D eigenvalue weighted by Crippen LogP contribution is -1.80. The fraction of sp³-hybridized carbons (Fsp3) is 0. The Balaban J connectivity index is 1.92. The lowest BCUT2D eigenvalue weighted by molar-refractivity contribution is 1.32. The summed E-state index contributed by atoms with van der Waals surface area (Å²) in [5.74, 6) is 0. The topological polar surface area (TPSA) is 53.9 Å². The Morgan fingerprint density at radius 3 is 3.12 bits per heavy atom. The van der Waals surface area contributed by atoms with Crippen molar-refractivity contribution in [1.82, 2.24) is 15.0 Å². The maximum Gasteiger partial charge on any atom is 0.0931 e. The Kier molecular flexibility index (Phi) is 2.38. The first kappa shape index (κ1) is 9.72. The highest BCUT2D eigenvalue weighted by Gasteiger charge is 1.96.